The molecule has 1 aromatic rings. The summed E-state index contributed by atoms with van der Waals surface area (Å²) in [6.07, 6.45) is 0. The largest absolute Gasteiger partial charge is 0.475 e. The van der Waals surface area contributed by atoms with Gasteiger partial charge in [-0.3, -0.25) is 0 Å². The zero-order valence-electron chi connectivity index (χ0n) is 8.24. The molecule has 16 heavy (non-hydrogen) atoms. The molecular weight excluding hydrogens is 224 g/mol. The van der Waals surface area contributed by atoms with Crippen LogP contribution in [0.15, 0.2) is 0 Å². The van der Waals surface area contributed by atoms with Crippen LogP contribution in [0, 0.1) is 20.2 Å². The summed E-state index contributed by atoms with van der Waals surface area (Å²) in [6.45, 7) is 0. The minimum absolute atomic E-state index is 0.451. The lowest BCUT2D eigenvalue weighted by atomic mass is 10.5. The molecule has 0 saturated carbocycles. The molecule has 1 rings (SSSR count). The summed E-state index contributed by atoms with van der Waals surface area (Å²) in [5, 5.41) is 21.0. The molecule has 0 fully saturated rings. The quantitative estimate of drug-likeness (QED) is 0.533. The van der Waals surface area contributed by atoms with E-state index in [1.54, 1.807) is 0 Å². The first kappa shape index (κ1) is 11.6. The highest BCUT2D eigenvalue weighted by Gasteiger charge is 2.29. The van der Waals surface area contributed by atoms with Gasteiger partial charge in [0, 0.05) is 4.98 Å². The van der Waals surface area contributed by atoms with Crippen LogP contribution < -0.4 is 9.47 Å². The summed E-state index contributed by atoms with van der Waals surface area (Å²) in [5.74, 6) is -2.58. The molecule has 0 N–H and O–H groups in total. The summed E-state index contributed by atoms with van der Waals surface area (Å²) in [6, 6.07) is 0. The second-order valence-corrected chi connectivity index (χ2v) is 2.40. The normalized spacial score (nSPS) is 9.62. The van der Waals surface area contributed by atoms with Gasteiger partial charge < -0.3 is 29.7 Å². The van der Waals surface area contributed by atoms with Gasteiger partial charge in [-0.25, -0.2) is 0 Å². The van der Waals surface area contributed by atoms with Crippen molar-refractivity contribution in [3.63, 3.8) is 0 Å². The van der Waals surface area contributed by atoms with E-state index in [1.807, 2.05) is 0 Å². The van der Waals surface area contributed by atoms with E-state index in [-0.39, 0.29) is 0 Å². The number of nitro groups is 2. The minimum atomic E-state index is -0.932. The van der Waals surface area contributed by atoms with Crippen LogP contribution in [-0.2, 0) is 0 Å². The van der Waals surface area contributed by atoms with Crippen molar-refractivity contribution in [3.8, 4) is 11.8 Å². The third-order valence-corrected chi connectivity index (χ3v) is 1.53. The van der Waals surface area contributed by atoms with Crippen LogP contribution in [0.2, 0.25) is 0 Å². The number of hydrogen-bond donors (Lipinski definition) is 0. The number of hydrogen-bond acceptors (Lipinski definition) is 8. The SMILES string of the molecule is COc1nc(OC)c([N+](=O)[O-])nc1[N+](=O)[O-]. The van der Waals surface area contributed by atoms with Crippen molar-refractivity contribution < 1.29 is 19.3 Å². The molecule has 10 heteroatoms. The molecule has 0 aliphatic carbocycles. The van der Waals surface area contributed by atoms with Gasteiger partial charge in [-0.05, 0) is 9.85 Å². The number of aromatic nitrogens is 2. The van der Waals surface area contributed by atoms with E-state index < -0.39 is 33.2 Å². The van der Waals surface area contributed by atoms with Gasteiger partial charge in [0.05, 0.1) is 14.2 Å². The predicted molar refractivity (Wildman–Crippen MR) is 48.4 cm³/mol. The maximum absolute atomic E-state index is 10.5. The van der Waals surface area contributed by atoms with Gasteiger partial charge in [0.15, 0.2) is 0 Å². The van der Waals surface area contributed by atoms with E-state index in [1.165, 1.54) is 0 Å². The molecule has 0 aliphatic rings. The van der Waals surface area contributed by atoms with Crippen LogP contribution in [0.25, 0.3) is 0 Å². The maximum Gasteiger partial charge on any atom is 0.431 e. The molecule has 0 aromatic carbocycles. The Morgan fingerprint density at radius 3 is 1.56 bits per heavy atom. The van der Waals surface area contributed by atoms with E-state index in [0.717, 1.165) is 14.2 Å². The summed E-state index contributed by atoms with van der Waals surface area (Å²) >= 11 is 0. The third kappa shape index (κ3) is 1.94. The Morgan fingerprint density at radius 2 is 1.31 bits per heavy atom. The number of nitrogens with zero attached hydrogens (tertiary/aromatic N) is 4. The van der Waals surface area contributed by atoms with Gasteiger partial charge in [0.25, 0.3) is 0 Å². The molecule has 1 aromatic heterocycles. The van der Waals surface area contributed by atoms with Gasteiger partial charge in [-0.2, -0.15) is 4.98 Å². The molecule has 0 bridgehead atoms. The van der Waals surface area contributed by atoms with Gasteiger partial charge in [0.1, 0.15) is 0 Å². The first-order chi connectivity index (χ1) is 7.51. The summed E-state index contributed by atoms with van der Waals surface area (Å²) in [7, 11) is 2.25. The molecule has 0 aliphatic heterocycles. The van der Waals surface area contributed by atoms with Crippen molar-refractivity contribution in [1.29, 1.82) is 0 Å². The second-order valence-electron chi connectivity index (χ2n) is 2.40. The summed E-state index contributed by atoms with van der Waals surface area (Å²) < 4.78 is 9.13. The van der Waals surface area contributed by atoms with Gasteiger partial charge >= 0.3 is 23.4 Å². The fraction of sp³-hybridized carbons (Fsp3) is 0.333. The first-order valence-corrected chi connectivity index (χ1v) is 3.80. The Labute approximate surface area is 88.1 Å². The highest BCUT2D eigenvalue weighted by Crippen LogP contribution is 2.31. The Balaban J connectivity index is 3.46. The standard InChI is InChI=1S/C6H6N4O6/c1-15-5-3(9(11)12)7-4(10(13)14)6(8-5)16-2/h1-2H3. The van der Waals surface area contributed by atoms with Crippen LogP contribution in [0.5, 0.6) is 11.8 Å². The molecule has 0 saturated heterocycles. The average molecular weight is 230 g/mol. The average Bonchev–Trinajstić information content (AvgIpc) is 2.26. The minimum Gasteiger partial charge on any atom is -0.475 e. The number of methoxy groups -OCH3 is 2. The Kier molecular flexibility index (Phi) is 3.13. The van der Waals surface area contributed by atoms with Crippen LogP contribution >= 0.6 is 0 Å². The molecule has 1 heterocycles. The molecule has 0 spiro atoms. The Hall–Kier alpha value is -2.52. The van der Waals surface area contributed by atoms with Crippen molar-refractivity contribution >= 4 is 11.6 Å². The molecular formula is C6H6N4O6. The van der Waals surface area contributed by atoms with Crippen molar-refractivity contribution in [2.24, 2.45) is 0 Å². The zero-order valence-corrected chi connectivity index (χ0v) is 8.24. The van der Waals surface area contributed by atoms with Crippen LogP contribution in [-0.4, -0.2) is 34.0 Å². The molecule has 0 atom stereocenters. The smallest absolute Gasteiger partial charge is 0.431 e. The van der Waals surface area contributed by atoms with E-state index in [2.05, 4.69) is 19.4 Å². The lowest BCUT2D eigenvalue weighted by Gasteiger charge is -2.03. The van der Waals surface area contributed by atoms with Crippen molar-refractivity contribution in [2.75, 3.05) is 14.2 Å². The molecule has 0 radical (unpaired) electrons. The highest BCUT2D eigenvalue weighted by atomic mass is 16.6. The van der Waals surface area contributed by atoms with Crippen molar-refractivity contribution in [3.05, 3.63) is 20.2 Å². The van der Waals surface area contributed by atoms with E-state index in [4.69, 9.17) is 0 Å². The summed E-state index contributed by atoms with van der Waals surface area (Å²) in [4.78, 5) is 25.8. The molecule has 0 unspecified atom stereocenters. The first-order valence-electron chi connectivity index (χ1n) is 3.80. The van der Waals surface area contributed by atoms with E-state index in [0.29, 0.717) is 0 Å². The topological polar surface area (TPSA) is 131 Å². The second kappa shape index (κ2) is 4.33. The molecule has 0 amide bonds. The number of ether oxygens (including phenoxy) is 2. The third-order valence-electron chi connectivity index (χ3n) is 1.53. The van der Waals surface area contributed by atoms with Gasteiger partial charge in [-0.15, -0.1) is 0 Å². The number of rotatable bonds is 4. The fourth-order valence-electron chi connectivity index (χ4n) is 0.900. The lowest BCUT2D eigenvalue weighted by molar-refractivity contribution is -0.404. The fourth-order valence-corrected chi connectivity index (χ4v) is 0.900. The van der Waals surface area contributed by atoms with Gasteiger partial charge in [-0.1, -0.05) is 0 Å². The van der Waals surface area contributed by atoms with E-state index in [9.17, 15) is 20.2 Å². The zero-order chi connectivity index (χ0) is 12.3. The van der Waals surface area contributed by atoms with Gasteiger partial charge in [0.2, 0.25) is 0 Å². The highest BCUT2D eigenvalue weighted by molar-refractivity contribution is 5.44. The van der Waals surface area contributed by atoms with Crippen LogP contribution in [0.1, 0.15) is 0 Å². The van der Waals surface area contributed by atoms with Crippen molar-refractivity contribution in [2.45, 2.75) is 0 Å². The lowest BCUT2D eigenvalue weighted by Crippen LogP contribution is -2.05. The van der Waals surface area contributed by atoms with E-state index >= 15 is 0 Å². The molecule has 86 valence electrons. The Morgan fingerprint density at radius 1 is 0.938 bits per heavy atom. The Bertz CT molecular complexity index is 410. The van der Waals surface area contributed by atoms with Crippen molar-refractivity contribution in [1.82, 2.24) is 9.97 Å². The summed E-state index contributed by atoms with van der Waals surface area (Å²) in [5.41, 5.74) is 0. The predicted octanol–water partition coefficient (Wildman–Crippen LogP) is 0.310. The monoisotopic (exact) mass is 230 g/mol. The molecule has 10 nitrogen and oxygen atoms in total. The maximum atomic E-state index is 10.5. The van der Waals surface area contributed by atoms with Crippen LogP contribution in [0.3, 0.4) is 0 Å². The van der Waals surface area contributed by atoms with Crippen LogP contribution in [0.4, 0.5) is 11.6 Å².